The Morgan fingerprint density at radius 2 is 1.96 bits per heavy atom. The Balaban J connectivity index is 2.39. The van der Waals surface area contributed by atoms with E-state index in [-0.39, 0.29) is 0 Å². The van der Waals surface area contributed by atoms with Gasteiger partial charge in [0.05, 0.1) is 5.56 Å². The normalized spacial score (nSPS) is 11.0. The highest BCUT2D eigenvalue weighted by Gasteiger charge is 2.22. The van der Waals surface area contributed by atoms with Gasteiger partial charge in [-0.05, 0) is 39.3 Å². The lowest BCUT2D eigenvalue weighted by Gasteiger charge is -2.11. The summed E-state index contributed by atoms with van der Waals surface area (Å²) in [6.45, 7) is 10.3. The Hall–Kier alpha value is -2.07. The minimum absolute atomic E-state index is 0.443. The summed E-state index contributed by atoms with van der Waals surface area (Å²) in [4.78, 5) is 11.7. The van der Waals surface area contributed by atoms with Crippen molar-refractivity contribution >= 4 is 5.97 Å². The van der Waals surface area contributed by atoms with E-state index in [4.69, 9.17) is 0 Å². The smallest absolute Gasteiger partial charge is 0.337 e. The van der Waals surface area contributed by atoms with Crippen LogP contribution in [0.4, 0.5) is 0 Å². The largest absolute Gasteiger partial charge is 0.478 e. The van der Waals surface area contributed by atoms with E-state index < -0.39 is 5.97 Å². The van der Waals surface area contributed by atoms with Crippen molar-refractivity contribution in [3.05, 3.63) is 57.9 Å². The Morgan fingerprint density at radius 1 is 1.22 bits per heavy atom. The van der Waals surface area contributed by atoms with Crippen molar-refractivity contribution in [2.45, 2.75) is 47.2 Å². The molecule has 0 unspecified atom stereocenters. The molecule has 4 heteroatoms. The summed E-state index contributed by atoms with van der Waals surface area (Å²) < 4.78 is 2.11. The summed E-state index contributed by atoms with van der Waals surface area (Å²) in [6.07, 6.45) is 1.03. The summed E-state index contributed by atoms with van der Waals surface area (Å²) in [5, 5.41) is 12.9. The van der Waals surface area contributed by atoms with E-state index in [1.807, 2.05) is 19.9 Å². The zero-order valence-electron chi connectivity index (χ0n) is 14.4. The summed E-state index contributed by atoms with van der Waals surface area (Å²) in [7, 11) is 0. The van der Waals surface area contributed by atoms with Crippen LogP contribution >= 0.6 is 0 Å². The highest BCUT2D eigenvalue weighted by molar-refractivity contribution is 5.91. The monoisotopic (exact) mass is 314 g/mol. The van der Waals surface area contributed by atoms with E-state index in [0.717, 1.165) is 29.9 Å². The number of aryl methyl sites for hydroxylation is 1. The average molecular weight is 314 g/mol. The van der Waals surface area contributed by atoms with Gasteiger partial charge >= 0.3 is 5.97 Å². The number of aromatic nitrogens is 1. The summed E-state index contributed by atoms with van der Waals surface area (Å²) in [5.74, 6) is -0.845. The molecule has 0 fully saturated rings. The van der Waals surface area contributed by atoms with Crippen LogP contribution in [0.25, 0.3) is 0 Å². The summed E-state index contributed by atoms with van der Waals surface area (Å²) >= 11 is 0. The van der Waals surface area contributed by atoms with Crippen molar-refractivity contribution in [1.29, 1.82) is 0 Å². The zero-order chi connectivity index (χ0) is 17.0. The molecule has 0 spiro atoms. The van der Waals surface area contributed by atoms with Crippen LogP contribution in [0.3, 0.4) is 0 Å². The maximum atomic E-state index is 11.7. The highest BCUT2D eigenvalue weighted by Crippen LogP contribution is 2.24. The SMILES string of the molecule is CCCNCc1c(C(=O)O)c(C)n(Cc2cccc(C)c2)c1C. The first-order chi connectivity index (χ1) is 11.0. The maximum absolute atomic E-state index is 11.7. The molecule has 0 aliphatic heterocycles. The quantitative estimate of drug-likeness (QED) is 0.767. The molecule has 0 radical (unpaired) electrons. The molecular formula is C19H26N2O2. The minimum atomic E-state index is -0.845. The van der Waals surface area contributed by atoms with Gasteiger partial charge in [-0.25, -0.2) is 4.79 Å². The fourth-order valence-electron chi connectivity index (χ4n) is 3.07. The van der Waals surface area contributed by atoms with Gasteiger partial charge in [-0.3, -0.25) is 0 Å². The van der Waals surface area contributed by atoms with Crippen LogP contribution in [0.2, 0.25) is 0 Å². The Labute approximate surface area is 138 Å². The van der Waals surface area contributed by atoms with Crippen molar-refractivity contribution in [2.24, 2.45) is 0 Å². The molecule has 2 N–H and O–H groups in total. The van der Waals surface area contributed by atoms with Gasteiger partial charge in [-0.2, -0.15) is 0 Å². The second-order valence-corrected chi connectivity index (χ2v) is 6.08. The first kappa shape index (κ1) is 17.3. The molecule has 2 rings (SSSR count). The number of rotatable bonds is 7. The van der Waals surface area contributed by atoms with Gasteiger partial charge in [0.2, 0.25) is 0 Å². The van der Waals surface area contributed by atoms with Crippen LogP contribution in [-0.4, -0.2) is 22.2 Å². The van der Waals surface area contributed by atoms with E-state index in [1.165, 1.54) is 11.1 Å². The number of hydrogen-bond acceptors (Lipinski definition) is 2. The number of carboxylic acid groups (broad SMARTS) is 1. The summed E-state index contributed by atoms with van der Waals surface area (Å²) in [5.41, 5.74) is 5.61. The topological polar surface area (TPSA) is 54.3 Å². The van der Waals surface area contributed by atoms with Crippen LogP contribution in [0.1, 0.15) is 51.8 Å². The molecule has 0 aliphatic carbocycles. The van der Waals surface area contributed by atoms with Gasteiger partial charge in [0, 0.05) is 30.0 Å². The molecule has 2 aromatic rings. The predicted octanol–water partition coefficient (Wildman–Crippen LogP) is 3.66. The standard InChI is InChI=1S/C19H26N2O2/c1-5-9-20-11-17-14(3)21(15(4)18(17)19(22)23)12-16-8-6-7-13(2)10-16/h6-8,10,20H,5,9,11-12H2,1-4H3,(H,22,23). The first-order valence-corrected chi connectivity index (χ1v) is 8.13. The molecule has 1 aromatic carbocycles. The van der Waals surface area contributed by atoms with Gasteiger partial charge in [0.1, 0.15) is 0 Å². The van der Waals surface area contributed by atoms with Crippen LogP contribution in [0, 0.1) is 20.8 Å². The Bertz CT molecular complexity index is 702. The molecule has 0 saturated carbocycles. The predicted molar refractivity (Wildman–Crippen MR) is 93.1 cm³/mol. The number of nitrogens with one attached hydrogen (secondary N) is 1. The molecule has 1 aromatic heterocycles. The van der Waals surface area contributed by atoms with Gasteiger partial charge in [0.25, 0.3) is 0 Å². The Morgan fingerprint density at radius 3 is 2.57 bits per heavy atom. The zero-order valence-corrected chi connectivity index (χ0v) is 14.4. The van der Waals surface area contributed by atoms with Crippen molar-refractivity contribution in [3.8, 4) is 0 Å². The van der Waals surface area contributed by atoms with E-state index >= 15 is 0 Å². The third-order valence-corrected chi connectivity index (χ3v) is 4.28. The highest BCUT2D eigenvalue weighted by atomic mass is 16.4. The molecule has 0 amide bonds. The van der Waals surface area contributed by atoms with Crippen LogP contribution in [0.5, 0.6) is 0 Å². The lowest BCUT2D eigenvalue weighted by atomic mass is 10.1. The van der Waals surface area contributed by atoms with Crippen molar-refractivity contribution in [1.82, 2.24) is 9.88 Å². The van der Waals surface area contributed by atoms with Gasteiger partial charge in [-0.15, -0.1) is 0 Å². The molecule has 0 bridgehead atoms. The van der Waals surface area contributed by atoms with Gasteiger partial charge in [0.15, 0.2) is 0 Å². The van der Waals surface area contributed by atoms with Gasteiger partial charge in [-0.1, -0.05) is 36.8 Å². The maximum Gasteiger partial charge on any atom is 0.337 e. The lowest BCUT2D eigenvalue weighted by molar-refractivity contribution is 0.0694. The summed E-state index contributed by atoms with van der Waals surface area (Å²) in [6, 6.07) is 8.35. The molecule has 124 valence electrons. The molecule has 0 saturated heterocycles. The Kier molecular flexibility index (Phi) is 5.61. The van der Waals surface area contributed by atoms with Crippen LogP contribution < -0.4 is 5.32 Å². The molecule has 1 heterocycles. The van der Waals surface area contributed by atoms with E-state index in [1.54, 1.807) is 0 Å². The fourth-order valence-corrected chi connectivity index (χ4v) is 3.07. The molecule has 0 atom stereocenters. The van der Waals surface area contributed by atoms with Crippen molar-refractivity contribution in [2.75, 3.05) is 6.54 Å². The molecule has 23 heavy (non-hydrogen) atoms. The number of carbonyl (C=O) groups is 1. The van der Waals surface area contributed by atoms with Crippen molar-refractivity contribution < 1.29 is 9.90 Å². The molecule has 0 aliphatic rings. The van der Waals surface area contributed by atoms with E-state index in [2.05, 4.69) is 41.9 Å². The third-order valence-electron chi connectivity index (χ3n) is 4.28. The lowest BCUT2D eigenvalue weighted by Crippen LogP contribution is -2.16. The number of hydrogen-bond donors (Lipinski definition) is 2. The van der Waals surface area contributed by atoms with E-state index in [9.17, 15) is 9.90 Å². The number of carboxylic acids is 1. The van der Waals surface area contributed by atoms with Crippen LogP contribution in [0.15, 0.2) is 24.3 Å². The van der Waals surface area contributed by atoms with Gasteiger partial charge < -0.3 is 15.0 Å². The second kappa shape index (κ2) is 7.47. The second-order valence-electron chi connectivity index (χ2n) is 6.08. The fraction of sp³-hybridized carbons (Fsp3) is 0.421. The first-order valence-electron chi connectivity index (χ1n) is 8.13. The minimum Gasteiger partial charge on any atom is -0.478 e. The number of nitrogens with zero attached hydrogens (tertiary/aromatic N) is 1. The average Bonchev–Trinajstić information content (AvgIpc) is 2.72. The third kappa shape index (κ3) is 3.82. The number of aromatic carboxylic acids is 1. The molecular weight excluding hydrogens is 288 g/mol. The van der Waals surface area contributed by atoms with Crippen molar-refractivity contribution in [3.63, 3.8) is 0 Å². The number of benzene rings is 1. The molecule has 4 nitrogen and oxygen atoms in total. The van der Waals surface area contributed by atoms with E-state index in [0.29, 0.717) is 18.7 Å². The van der Waals surface area contributed by atoms with Crippen LogP contribution in [-0.2, 0) is 13.1 Å².